The summed E-state index contributed by atoms with van der Waals surface area (Å²) in [6.07, 6.45) is 2.78. The molecule has 0 radical (unpaired) electrons. The highest BCUT2D eigenvalue weighted by molar-refractivity contribution is 6.31. The Morgan fingerprint density at radius 1 is 1.03 bits per heavy atom. The smallest absolute Gasteiger partial charge is 0.127 e. The molecule has 0 amide bonds. The molecular formula is C30H32ClN3O4. The van der Waals surface area contributed by atoms with Crippen molar-refractivity contribution in [3.05, 3.63) is 71.4 Å². The van der Waals surface area contributed by atoms with Crippen molar-refractivity contribution < 1.29 is 18.9 Å². The molecule has 198 valence electrons. The minimum absolute atomic E-state index is 0.0777. The van der Waals surface area contributed by atoms with Crippen LogP contribution in [0.5, 0.6) is 17.2 Å². The zero-order valence-corrected chi connectivity index (χ0v) is 22.8. The minimum Gasteiger partial charge on any atom is -0.497 e. The minimum atomic E-state index is 0.0777. The predicted octanol–water partition coefficient (Wildman–Crippen LogP) is 6.77. The number of fused-ring (bicyclic) bond motifs is 1. The number of halogens is 1. The van der Waals surface area contributed by atoms with Crippen LogP contribution < -0.4 is 19.5 Å². The number of rotatable bonds is 9. The Bertz CT molecular complexity index is 1440. The molecule has 1 aliphatic rings. The molecule has 0 saturated carbocycles. The summed E-state index contributed by atoms with van der Waals surface area (Å²) in [7, 11) is 3.29. The van der Waals surface area contributed by atoms with Gasteiger partial charge in [-0.05, 0) is 59.9 Å². The second-order valence-corrected chi connectivity index (χ2v) is 10.7. The van der Waals surface area contributed by atoms with E-state index in [4.69, 9.17) is 30.5 Å². The van der Waals surface area contributed by atoms with Gasteiger partial charge < -0.3 is 24.3 Å². The maximum absolute atomic E-state index is 6.38. The number of hydrogen-bond donors (Lipinski definition) is 1. The molecule has 0 bridgehead atoms. The van der Waals surface area contributed by atoms with Crippen molar-refractivity contribution in [3.63, 3.8) is 0 Å². The summed E-state index contributed by atoms with van der Waals surface area (Å²) in [5.74, 6) is 2.26. The summed E-state index contributed by atoms with van der Waals surface area (Å²) in [4.78, 5) is 0. The van der Waals surface area contributed by atoms with Gasteiger partial charge in [-0.1, -0.05) is 31.5 Å². The lowest BCUT2D eigenvalue weighted by Gasteiger charge is -2.17. The Morgan fingerprint density at radius 2 is 1.89 bits per heavy atom. The molecule has 8 heteroatoms. The van der Waals surface area contributed by atoms with Crippen LogP contribution in [0.4, 0.5) is 5.69 Å². The summed E-state index contributed by atoms with van der Waals surface area (Å²) < 4.78 is 23.0. The van der Waals surface area contributed by atoms with Gasteiger partial charge in [0.1, 0.15) is 23.9 Å². The first kappa shape index (κ1) is 26.1. The molecule has 3 aromatic carbocycles. The number of nitrogens with one attached hydrogen (secondary N) is 1. The van der Waals surface area contributed by atoms with E-state index in [-0.39, 0.29) is 11.5 Å². The third-order valence-corrected chi connectivity index (χ3v) is 7.01. The number of anilines is 1. The van der Waals surface area contributed by atoms with E-state index in [2.05, 4.69) is 35.4 Å². The van der Waals surface area contributed by atoms with E-state index in [0.29, 0.717) is 18.2 Å². The molecule has 5 rings (SSSR count). The Balaban J connectivity index is 1.38. The predicted molar refractivity (Wildman–Crippen MR) is 150 cm³/mol. The lowest BCUT2D eigenvalue weighted by Crippen LogP contribution is -2.18. The van der Waals surface area contributed by atoms with E-state index in [1.165, 1.54) is 0 Å². The summed E-state index contributed by atoms with van der Waals surface area (Å²) in [5, 5.41) is 13.7. The van der Waals surface area contributed by atoms with Gasteiger partial charge in [0.25, 0.3) is 0 Å². The van der Waals surface area contributed by atoms with Crippen LogP contribution in [0, 0.1) is 5.41 Å². The lowest BCUT2D eigenvalue weighted by atomic mass is 9.91. The zero-order chi connectivity index (χ0) is 26.7. The highest BCUT2D eigenvalue weighted by Gasteiger charge is 2.32. The largest absolute Gasteiger partial charge is 0.497 e. The average Bonchev–Trinajstić information content (AvgIpc) is 3.28. The first-order valence-corrected chi connectivity index (χ1v) is 13.0. The first-order chi connectivity index (χ1) is 18.3. The summed E-state index contributed by atoms with van der Waals surface area (Å²) in [5.41, 5.74) is 4.68. The van der Waals surface area contributed by atoms with E-state index in [1.807, 2.05) is 48.5 Å². The monoisotopic (exact) mass is 533 g/mol. The van der Waals surface area contributed by atoms with Gasteiger partial charge in [-0.3, -0.25) is 0 Å². The molecule has 1 fully saturated rings. The highest BCUT2D eigenvalue weighted by Crippen LogP contribution is 2.37. The van der Waals surface area contributed by atoms with Crippen molar-refractivity contribution in [2.24, 2.45) is 5.41 Å². The van der Waals surface area contributed by atoms with Crippen molar-refractivity contribution in [2.45, 2.75) is 32.9 Å². The maximum Gasteiger partial charge on any atom is 0.127 e. The van der Waals surface area contributed by atoms with Crippen LogP contribution in [-0.4, -0.2) is 43.7 Å². The third-order valence-electron chi connectivity index (χ3n) is 6.77. The van der Waals surface area contributed by atoms with E-state index in [1.54, 1.807) is 20.4 Å². The van der Waals surface area contributed by atoms with Crippen molar-refractivity contribution in [1.29, 1.82) is 0 Å². The van der Waals surface area contributed by atoms with Crippen LogP contribution in [0.3, 0.4) is 0 Å². The number of aromatic nitrogens is 2. The van der Waals surface area contributed by atoms with Crippen LogP contribution in [0.25, 0.3) is 22.0 Å². The summed E-state index contributed by atoms with van der Waals surface area (Å²) in [6.45, 7) is 6.23. The Labute approximate surface area is 228 Å². The Kier molecular flexibility index (Phi) is 7.58. The van der Waals surface area contributed by atoms with Gasteiger partial charge in [0.15, 0.2) is 0 Å². The first-order valence-electron chi connectivity index (χ1n) is 12.6. The van der Waals surface area contributed by atoms with Crippen LogP contribution in [0.2, 0.25) is 5.02 Å². The van der Waals surface area contributed by atoms with Gasteiger partial charge in [-0.15, -0.1) is 0 Å². The number of nitrogens with zero attached hydrogens (tertiary/aromatic N) is 2. The van der Waals surface area contributed by atoms with Crippen LogP contribution in [0.1, 0.15) is 25.8 Å². The number of ether oxygens (including phenoxy) is 4. The van der Waals surface area contributed by atoms with E-state index < -0.39 is 0 Å². The molecule has 1 aromatic heterocycles. The summed E-state index contributed by atoms with van der Waals surface area (Å²) in [6, 6.07) is 17.5. The van der Waals surface area contributed by atoms with Gasteiger partial charge in [0.05, 0.1) is 44.3 Å². The third kappa shape index (κ3) is 5.79. The second-order valence-electron chi connectivity index (χ2n) is 10.3. The Hall–Kier alpha value is -3.55. The van der Waals surface area contributed by atoms with Gasteiger partial charge in [0, 0.05) is 34.1 Å². The molecule has 7 nitrogen and oxygen atoms in total. The van der Waals surface area contributed by atoms with E-state index >= 15 is 0 Å². The lowest BCUT2D eigenvalue weighted by molar-refractivity contribution is 0.0628. The zero-order valence-electron chi connectivity index (χ0n) is 22.1. The van der Waals surface area contributed by atoms with Gasteiger partial charge in [-0.25, -0.2) is 0 Å². The molecule has 1 aliphatic heterocycles. The van der Waals surface area contributed by atoms with Gasteiger partial charge in [0.2, 0.25) is 0 Å². The normalized spacial score (nSPS) is 16.4. The van der Waals surface area contributed by atoms with Crippen molar-refractivity contribution in [2.75, 3.05) is 32.8 Å². The maximum atomic E-state index is 6.38. The molecule has 1 saturated heterocycles. The second kappa shape index (κ2) is 11.1. The molecule has 38 heavy (non-hydrogen) atoms. The van der Waals surface area contributed by atoms with Crippen LogP contribution in [-0.2, 0) is 11.3 Å². The standard InChI is InChI=1S/C30H32ClN3O4/c1-30(2)14-23(38-18-30)17-37-28-10-7-21(31)12-25(28)19-6-9-24-26(11-19)34-33-16-27(24)32-15-20-5-8-22(35-3)13-29(20)36-4/h5-13,16,23H,14-15,17-18H2,1-4H3,(H,32,34). The van der Waals surface area contributed by atoms with Gasteiger partial charge >= 0.3 is 0 Å². The molecule has 1 N–H and O–H groups in total. The average molecular weight is 534 g/mol. The molecule has 1 unspecified atom stereocenters. The molecule has 4 aromatic rings. The fourth-order valence-electron chi connectivity index (χ4n) is 4.78. The van der Waals surface area contributed by atoms with Crippen LogP contribution in [0.15, 0.2) is 60.8 Å². The van der Waals surface area contributed by atoms with Crippen molar-refractivity contribution >= 4 is 28.2 Å². The number of hydrogen-bond acceptors (Lipinski definition) is 7. The highest BCUT2D eigenvalue weighted by atomic mass is 35.5. The topological polar surface area (TPSA) is 74.7 Å². The van der Waals surface area contributed by atoms with Crippen molar-refractivity contribution in [1.82, 2.24) is 10.2 Å². The Morgan fingerprint density at radius 3 is 2.66 bits per heavy atom. The fraction of sp³-hybridized carbons (Fsp3) is 0.333. The SMILES string of the molecule is COc1ccc(CNc2cnnc3cc(-c4cc(Cl)ccc4OCC4CC(C)(C)CO4)ccc23)c(OC)c1. The summed E-state index contributed by atoms with van der Waals surface area (Å²) >= 11 is 6.38. The number of methoxy groups -OCH3 is 2. The molecule has 0 spiro atoms. The number of benzene rings is 3. The quantitative estimate of drug-likeness (QED) is 0.254. The molecule has 0 aliphatic carbocycles. The molecule has 2 heterocycles. The molecular weight excluding hydrogens is 502 g/mol. The van der Waals surface area contributed by atoms with Crippen LogP contribution >= 0.6 is 11.6 Å². The molecule has 1 atom stereocenters. The van der Waals surface area contributed by atoms with Gasteiger partial charge in [-0.2, -0.15) is 10.2 Å². The van der Waals surface area contributed by atoms with E-state index in [0.717, 1.165) is 63.6 Å². The van der Waals surface area contributed by atoms with E-state index in [9.17, 15) is 0 Å². The van der Waals surface area contributed by atoms with Crippen molar-refractivity contribution in [3.8, 4) is 28.4 Å². The fourth-order valence-corrected chi connectivity index (χ4v) is 4.95.